The van der Waals surface area contributed by atoms with E-state index in [2.05, 4.69) is 10.1 Å². The van der Waals surface area contributed by atoms with E-state index in [4.69, 9.17) is 0 Å². The van der Waals surface area contributed by atoms with Crippen LogP contribution in [0, 0.1) is 0 Å². The van der Waals surface area contributed by atoms with Crippen LogP contribution >= 0.6 is 11.3 Å². The minimum atomic E-state index is -4.56. The molecule has 0 unspecified atom stereocenters. The van der Waals surface area contributed by atoms with Crippen LogP contribution in [-0.2, 0) is 34.1 Å². The first-order chi connectivity index (χ1) is 9.71. The van der Waals surface area contributed by atoms with Crippen molar-refractivity contribution in [1.82, 2.24) is 14.8 Å². The number of hydrogen-bond donors (Lipinski definition) is 0. The monoisotopic (exact) mass is 339 g/mol. The third kappa shape index (κ3) is 4.03. The number of rotatable bonds is 5. The van der Waals surface area contributed by atoms with Crippen molar-refractivity contribution < 1.29 is 21.6 Å². The predicted octanol–water partition coefficient (Wildman–Crippen LogP) is 2.49. The molecular weight excluding hydrogens is 327 g/mol. The molecule has 0 aliphatic rings. The molecule has 21 heavy (non-hydrogen) atoms. The second-order valence-corrected chi connectivity index (χ2v) is 7.30. The fourth-order valence-electron chi connectivity index (χ4n) is 1.74. The largest absolute Gasteiger partial charge is 0.434 e. The summed E-state index contributed by atoms with van der Waals surface area (Å²) in [5.74, 6) is -0.787. The molecule has 0 saturated carbocycles. The van der Waals surface area contributed by atoms with Crippen LogP contribution in [0.2, 0.25) is 0 Å². The summed E-state index contributed by atoms with van der Waals surface area (Å²) in [7, 11) is -3.60. The van der Waals surface area contributed by atoms with Crippen molar-refractivity contribution in [3.05, 3.63) is 34.0 Å². The summed E-state index contributed by atoms with van der Waals surface area (Å²) in [6, 6.07) is 1.57. The van der Waals surface area contributed by atoms with Crippen molar-refractivity contribution in [1.29, 1.82) is 0 Å². The molecule has 2 heterocycles. The number of aryl methyl sites for hydroxylation is 1. The van der Waals surface area contributed by atoms with Crippen LogP contribution in [0.1, 0.15) is 23.3 Å². The van der Waals surface area contributed by atoms with E-state index in [1.165, 1.54) is 10.9 Å². The molecule has 0 spiro atoms. The zero-order valence-electron chi connectivity index (χ0n) is 11.0. The lowest BCUT2D eigenvalue weighted by Gasteiger charge is -2.05. The summed E-state index contributed by atoms with van der Waals surface area (Å²) >= 11 is 0.693. The first kappa shape index (κ1) is 16.0. The molecule has 2 rings (SSSR count). The second-order valence-electron chi connectivity index (χ2n) is 4.29. The number of hydrogen-bond acceptors (Lipinski definition) is 5. The van der Waals surface area contributed by atoms with Crippen molar-refractivity contribution in [2.75, 3.05) is 0 Å². The van der Waals surface area contributed by atoms with Gasteiger partial charge in [0.05, 0.1) is 11.4 Å². The first-order valence-corrected chi connectivity index (χ1v) is 8.64. The number of sulfone groups is 1. The third-order valence-electron chi connectivity index (χ3n) is 2.66. The van der Waals surface area contributed by atoms with E-state index < -0.39 is 27.5 Å². The lowest BCUT2D eigenvalue weighted by molar-refractivity contribution is -0.140. The summed E-state index contributed by atoms with van der Waals surface area (Å²) in [6.45, 7) is 2.34. The summed E-state index contributed by atoms with van der Waals surface area (Å²) in [6.07, 6.45) is -3.07. The predicted molar refractivity (Wildman–Crippen MR) is 71.3 cm³/mol. The van der Waals surface area contributed by atoms with Gasteiger partial charge in [0.25, 0.3) is 0 Å². The number of halogens is 3. The van der Waals surface area contributed by atoms with Crippen LogP contribution in [0.3, 0.4) is 0 Å². The van der Waals surface area contributed by atoms with Gasteiger partial charge in [0.15, 0.2) is 15.5 Å². The molecule has 0 radical (unpaired) electrons. The Balaban J connectivity index is 2.13. The van der Waals surface area contributed by atoms with Gasteiger partial charge in [-0.15, -0.1) is 11.3 Å². The minimum Gasteiger partial charge on any atom is -0.269 e. The highest BCUT2D eigenvalue weighted by Crippen LogP contribution is 2.30. The Hall–Kier alpha value is -1.42. The molecule has 10 heteroatoms. The molecule has 0 atom stereocenters. The molecule has 0 fully saturated rings. The Kier molecular flexibility index (Phi) is 4.38. The van der Waals surface area contributed by atoms with Gasteiger partial charge >= 0.3 is 6.18 Å². The maximum absolute atomic E-state index is 12.4. The van der Waals surface area contributed by atoms with Gasteiger partial charge in [0, 0.05) is 18.1 Å². The molecule has 5 nitrogen and oxygen atoms in total. The Bertz CT molecular complexity index is 719. The van der Waals surface area contributed by atoms with Crippen LogP contribution < -0.4 is 0 Å². The quantitative estimate of drug-likeness (QED) is 0.839. The Morgan fingerprint density at radius 3 is 2.62 bits per heavy atom. The Morgan fingerprint density at radius 1 is 1.33 bits per heavy atom. The molecule has 0 amide bonds. The van der Waals surface area contributed by atoms with E-state index in [0.29, 0.717) is 23.6 Å². The average Bonchev–Trinajstić information content (AvgIpc) is 2.96. The summed E-state index contributed by atoms with van der Waals surface area (Å²) < 4.78 is 62.9. The van der Waals surface area contributed by atoms with E-state index in [0.717, 1.165) is 5.38 Å². The van der Waals surface area contributed by atoms with E-state index in [1.54, 1.807) is 6.07 Å². The van der Waals surface area contributed by atoms with Gasteiger partial charge in [0.2, 0.25) is 0 Å². The van der Waals surface area contributed by atoms with E-state index >= 15 is 0 Å². The number of aromatic nitrogens is 3. The zero-order valence-corrected chi connectivity index (χ0v) is 12.6. The first-order valence-electron chi connectivity index (χ1n) is 5.94. The molecule has 0 bridgehead atoms. The Labute approximate surface area is 123 Å². The topological polar surface area (TPSA) is 64.8 Å². The fourth-order valence-corrected chi connectivity index (χ4v) is 4.37. The van der Waals surface area contributed by atoms with Gasteiger partial charge < -0.3 is 0 Å². The summed E-state index contributed by atoms with van der Waals surface area (Å²) in [5, 5.41) is 4.71. The normalized spacial score (nSPS) is 12.8. The second kappa shape index (κ2) is 5.76. The van der Waals surface area contributed by atoms with Gasteiger partial charge in [-0.2, -0.15) is 18.3 Å². The van der Waals surface area contributed by atoms with Gasteiger partial charge in [-0.3, -0.25) is 4.68 Å². The van der Waals surface area contributed by atoms with Crippen LogP contribution in [0.5, 0.6) is 0 Å². The molecule has 0 N–H and O–H groups in total. The summed E-state index contributed by atoms with van der Waals surface area (Å²) in [4.78, 5) is 3.33. The highest BCUT2D eigenvalue weighted by atomic mass is 32.2. The van der Waals surface area contributed by atoms with Gasteiger partial charge in [-0.25, -0.2) is 13.4 Å². The molecule has 0 aliphatic carbocycles. The van der Waals surface area contributed by atoms with Crippen LogP contribution in [-0.4, -0.2) is 23.2 Å². The minimum absolute atomic E-state index is 0.0649. The smallest absolute Gasteiger partial charge is 0.269 e. The molecule has 116 valence electrons. The average molecular weight is 339 g/mol. The Morgan fingerprint density at radius 2 is 2.05 bits per heavy atom. The molecule has 2 aromatic rings. The lowest BCUT2D eigenvalue weighted by Crippen LogP contribution is -2.12. The van der Waals surface area contributed by atoms with Gasteiger partial charge in [0.1, 0.15) is 10.8 Å². The molecule has 0 aromatic carbocycles. The molecule has 0 aliphatic heterocycles. The maximum atomic E-state index is 12.4. The third-order valence-corrected chi connectivity index (χ3v) is 5.14. The van der Waals surface area contributed by atoms with Crippen molar-refractivity contribution in [2.24, 2.45) is 0 Å². The number of nitrogens with zero attached hydrogens (tertiary/aromatic N) is 3. The number of alkyl halides is 3. The standard InChI is InChI=1S/C11H12F3N3O2S2/c1-2-17-8(3-4-15-17)6-21(18,19)7-10-16-9(5-20-10)11(12,13)14/h3-5H,2,6-7H2,1H3. The zero-order chi connectivity index (χ0) is 15.7. The van der Waals surface area contributed by atoms with Crippen molar-refractivity contribution >= 4 is 21.2 Å². The van der Waals surface area contributed by atoms with E-state index in [1.807, 2.05) is 6.92 Å². The lowest BCUT2D eigenvalue weighted by atomic mass is 10.5. The van der Waals surface area contributed by atoms with Crippen molar-refractivity contribution in [3.63, 3.8) is 0 Å². The summed E-state index contributed by atoms with van der Waals surface area (Å²) in [5.41, 5.74) is -0.554. The van der Waals surface area contributed by atoms with Crippen molar-refractivity contribution in [2.45, 2.75) is 31.2 Å². The van der Waals surface area contributed by atoms with Crippen molar-refractivity contribution in [3.8, 4) is 0 Å². The molecule has 2 aromatic heterocycles. The van der Waals surface area contributed by atoms with Gasteiger partial charge in [-0.1, -0.05) is 0 Å². The highest BCUT2D eigenvalue weighted by Gasteiger charge is 2.34. The van der Waals surface area contributed by atoms with E-state index in [-0.39, 0.29) is 10.8 Å². The highest BCUT2D eigenvalue weighted by molar-refractivity contribution is 7.89. The van der Waals surface area contributed by atoms with Crippen LogP contribution in [0.25, 0.3) is 0 Å². The molecule has 0 saturated heterocycles. The van der Waals surface area contributed by atoms with Crippen LogP contribution in [0.15, 0.2) is 17.6 Å². The number of thiazole rings is 1. The SMILES string of the molecule is CCn1nccc1CS(=O)(=O)Cc1nc(C(F)(F)F)cs1. The maximum Gasteiger partial charge on any atom is 0.434 e. The molecular formula is C11H12F3N3O2S2. The van der Waals surface area contributed by atoms with E-state index in [9.17, 15) is 21.6 Å². The fraction of sp³-hybridized carbons (Fsp3) is 0.455. The van der Waals surface area contributed by atoms with Crippen LogP contribution in [0.4, 0.5) is 13.2 Å². The van der Waals surface area contributed by atoms with Gasteiger partial charge in [-0.05, 0) is 13.0 Å².